The van der Waals surface area contributed by atoms with Crippen molar-refractivity contribution in [3.05, 3.63) is 40.9 Å². The molecule has 1 heterocycles. The average molecular weight is 259 g/mol. The minimum atomic E-state index is 0.668. The number of nitrogens with zero attached hydrogens (tertiary/aromatic N) is 3. The molecule has 2 rings (SSSR count). The Morgan fingerprint density at radius 2 is 2.28 bits per heavy atom. The van der Waals surface area contributed by atoms with Crippen LogP contribution in [0.25, 0.3) is 0 Å². The number of nitriles is 1. The molecule has 0 aliphatic carbocycles. The van der Waals surface area contributed by atoms with Crippen LogP contribution in [0, 0.1) is 11.3 Å². The topological polar surface area (TPSA) is 78.0 Å². The first kappa shape index (κ1) is 12.4. The Morgan fingerprint density at radius 1 is 1.50 bits per heavy atom. The third-order valence-corrected chi connectivity index (χ3v) is 3.42. The molecular weight excluding hydrogens is 246 g/mol. The second kappa shape index (κ2) is 5.49. The number of nitrogens with one attached hydrogen (secondary N) is 1. The number of hydrogen-bond acceptors (Lipinski definition) is 6. The second-order valence-corrected chi connectivity index (χ2v) is 4.88. The smallest absolute Gasteiger partial charge is 0.197 e. The summed E-state index contributed by atoms with van der Waals surface area (Å²) in [5.74, 6) is 5.29. The molecule has 0 unspecified atom stereocenters. The Bertz CT molecular complexity index is 572. The number of thiazole rings is 1. The van der Waals surface area contributed by atoms with Crippen LogP contribution in [0.1, 0.15) is 10.4 Å². The van der Waals surface area contributed by atoms with Gasteiger partial charge in [-0.3, -0.25) is 5.43 Å². The number of rotatable bonds is 4. The summed E-state index contributed by atoms with van der Waals surface area (Å²) in [5.41, 5.74) is 4.10. The van der Waals surface area contributed by atoms with Crippen molar-refractivity contribution in [1.82, 2.24) is 4.98 Å². The van der Waals surface area contributed by atoms with Gasteiger partial charge in [0.1, 0.15) is 6.07 Å². The predicted octanol–water partition coefficient (Wildman–Crippen LogP) is 1.94. The van der Waals surface area contributed by atoms with Gasteiger partial charge in [0.15, 0.2) is 5.13 Å². The molecule has 18 heavy (non-hydrogen) atoms. The van der Waals surface area contributed by atoms with E-state index in [0.717, 1.165) is 10.6 Å². The van der Waals surface area contributed by atoms with Gasteiger partial charge in [0.2, 0.25) is 0 Å². The lowest BCUT2D eigenvalue weighted by Gasteiger charge is -2.19. The van der Waals surface area contributed by atoms with Gasteiger partial charge < -0.3 is 4.90 Å². The molecule has 1 aromatic carbocycles. The van der Waals surface area contributed by atoms with E-state index in [1.165, 1.54) is 11.3 Å². The Labute approximate surface area is 109 Å². The lowest BCUT2D eigenvalue weighted by atomic mass is 10.2. The zero-order chi connectivity index (χ0) is 13.0. The van der Waals surface area contributed by atoms with Gasteiger partial charge in [-0.1, -0.05) is 23.5 Å². The Balaban J connectivity index is 2.17. The summed E-state index contributed by atoms with van der Waals surface area (Å²) >= 11 is 1.50. The maximum absolute atomic E-state index is 9.06. The number of nitrogens with two attached hydrogens (primary N) is 1. The van der Waals surface area contributed by atoms with E-state index in [1.807, 2.05) is 36.2 Å². The third kappa shape index (κ3) is 2.59. The SMILES string of the molecule is CN(Cc1cnc(NN)s1)c1ccccc1C#N. The van der Waals surface area contributed by atoms with E-state index in [1.54, 1.807) is 6.20 Å². The van der Waals surface area contributed by atoms with Gasteiger partial charge in [-0.05, 0) is 12.1 Å². The van der Waals surface area contributed by atoms with E-state index in [0.29, 0.717) is 17.2 Å². The van der Waals surface area contributed by atoms with E-state index in [2.05, 4.69) is 16.5 Å². The van der Waals surface area contributed by atoms with Gasteiger partial charge in [0.05, 0.1) is 17.8 Å². The number of hydrogen-bond donors (Lipinski definition) is 2. The summed E-state index contributed by atoms with van der Waals surface area (Å²) in [7, 11) is 1.95. The third-order valence-electron chi connectivity index (χ3n) is 2.51. The molecule has 6 heteroatoms. The van der Waals surface area contributed by atoms with Gasteiger partial charge >= 0.3 is 0 Å². The van der Waals surface area contributed by atoms with Crippen LogP contribution < -0.4 is 16.2 Å². The Morgan fingerprint density at radius 3 is 2.94 bits per heavy atom. The van der Waals surface area contributed by atoms with Crippen LogP contribution in [0.4, 0.5) is 10.8 Å². The second-order valence-electron chi connectivity index (χ2n) is 3.76. The van der Waals surface area contributed by atoms with Gasteiger partial charge in [-0.15, -0.1) is 0 Å². The van der Waals surface area contributed by atoms with Crippen LogP contribution in [0.15, 0.2) is 30.5 Å². The zero-order valence-electron chi connectivity index (χ0n) is 9.92. The first-order chi connectivity index (χ1) is 8.74. The highest BCUT2D eigenvalue weighted by Gasteiger charge is 2.09. The molecule has 0 saturated carbocycles. The van der Waals surface area contributed by atoms with Crippen molar-refractivity contribution in [2.75, 3.05) is 17.4 Å². The van der Waals surface area contributed by atoms with Crippen molar-refractivity contribution in [2.24, 2.45) is 5.84 Å². The van der Waals surface area contributed by atoms with Gasteiger partial charge in [-0.25, -0.2) is 10.8 Å². The minimum absolute atomic E-state index is 0.668. The van der Waals surface area contributed by atoms with E-state index in [-0.39, 0.29) is 0 Å². The molecular formula is C12H13N5S. The normalized spacial score (nSPS) is 9.83. The summed E-state index contributed by atoms with van der Waals surface area (Å²) in [6.07, 6.45) is 1.78. The van der Waals surface area contributed by atoms with Crippen LogP contribution in [-0.4, -0.2) is 12.0 Å². The number of nitrogen functional groups attached to an aromatic ring is 1. The summed E-state index contributed by atoms with van der Waals surface area (Å²) in [4.78, 5) is 7.22. The molecule has 0 aliphatic heterocycles. The fraction of sp³-hybridized carbons (Fsp3) is 0.167. The fourth-order valence-corrected chi connectivity index (χ4v) is 2.44. The van der Waals surface area contributed by atoms with Crippen LogP contribution in [0.3, 0.4) is 0 Å². The molecule has 0 bridgehead atoms. The van der Waals surface area contributed by atoms with E-state index < -0.39 is 0 Å². The Hall–Kier alpha value is -2.10. The van der Waals surface area contributed by atoms with E-state index >= 15 is 0 Å². The molecule has 5 nitrogen and oxygen atoms in total. The molecule has 3 N–H and O–H groups in total. The largest absolute Gasteiger partial charge is 0.368 e. The van der Waals surface area contributed by atoms with Crippen molar-refractivity contribution < 1.29 is 0 Å². The molecule has 0 radical (unpaired) electrons. The highest BCUT2D eigenvalue weighted by atomic mass is 32.1. The van der Waals surface area contributed by atoms with E-state index in [4.69, 9.17) is 11.1 Å². The number of hydrazine groups is 1. The van der Waals surface area contributed by atoms with Crippen molar-refractivity contribution in [2.45, 2.75) is 6.54 Å². The van der Waals surface area contributed by atoms with Gasteiger partial charge in [0, 0.05) is 18.1 Å². The fourth-order valence-electron chi connectivity index (χ4n) is 1.67. The molecule has 0 amide bonds. The van der Waals surface area contributed by atoms with Crippen LogP contribution >= 0.6 is 11.3 Å². The molecule has 0 atom stereocenters. The maximum Gasteiger partial charge on any atom is 0.197 e. The monoisotopic (exact) mass is 259 g/mol. The maximum atomic E-state index is 9.06. The van der Waals surface area contributed by atoms with E-state index in [9.17, 15) is 0 Å². The van der Waals surface area contributed by atoms with Crippen LogP contribution in [0.2, 0.25) is 0 Å². The Kier molecular flexibility index (Phi) is 3.77. The first-order valence-electron chi connectivity index (χ1n) is 5.36. The number of benzene rings is 1. The van der Waals surface area contributed by atoms with Crippen molar-refractivity contribution in [3.63, 3.8) is 0 Å². The molecule has 2 aromatic rings. The van der Waals surface area contributed by atoms with Gasteiger partial charge in [-0.2, -0.15) is 5.26 Å². The zero-order valence-corrected chi connectivity index (χ0v) is 10.7. The predicted molar refractivity (Wildman–Crippen MR) is 73.2 cm³/mol. The number of para-hydroxylation sites is 1. The molecule has 0 saturated heterocycles. The summed E-state index contributed by atoms with van der Waals surface area (Å²) in [6.45, 7) is 0.693. The molecule has 0 aliphatic rings. The van der Waals surface area contributed by atoms with Crippen molar-refractivity contribution in [3.8, 4) is 6.07 Å². The first-order valence-corrected chi connectivity index (χ1v) is 6.18. The van der Waals surface area contributed by atoms with Gasteiger partial charge in [0.25, 0.3) is 0 Å². The summed E-state index contributed by atoms with van der Waals surface area (Å²) in [5, 5.41) is 9.75. The lowest BCUT2D eigenvalue weighted by Crippen LogP contribution is -2.16. The molecule has 1 aromatic heterocycles. The van der Waals surface area contributed by atoms with Crippen molar-refractivity contribution >= 4 is 22.2 Å². The minimum Gasteiger partial charge on any atom is -0.368 e. The van der Waals surface area contributed by atoms with Crippen LogP contribution in [0.5, 0.6) is 0 Å². The number of anilines is 2. The highest BCUT2D eigenvalue weighted by molar-refractivity contribution is 7.15. The quantitative estimate of drug-likeness (QED) is 0.648. The lowest BCUT2D eigenvalue weighted by molar-refractivity contribution is 0.934. The molecule has 0 spiro atoms. The molecule has 92 valence electrons. The highest BCUT2D eigenvalue weighted by Crippen LogP contribution is 2.23. The van der Waals surface area contributed by atoms with Crippen molar-refractivity contribution in [1.29, 1.82) is 5.26 Å². The standard InChI is InChI=1S/C12H13N5S/c1-17(8-10-7-15-12(16-14)18-10)11-5-3-2-4-9(11)6-13/h2-5,7H,8,14H2,1H3,(H,15,16). The number of aromatic nitrogens is 1. The summed E-state index contributed by atoms with van der Waals surface area (Å²) in [6, 6.07) is 9.72. The average Bonchev–Trinajstić information content (AvgIpc) is 2.86. The van der Waals surface area contributed by atoms with Crippen LogP contribution in [-0.2, 0) is 6.54 Å². The molecule has 0 fully saturated rings. The summed E-state index contributed by atoms with van der Waals surface area (Å²) < 4.78 is 0.